The monoisotopic (exact) mass is 291 g/mol. The maximum Gasteiger partial charge on any atom is 0.252 e. The van der Waals surface area contributed by atoms with Gasteiger partial charge in [0.1, 0.15) is 0 Å². The van der Waals surface area contributed by atoms with Crippen molar-refractivity contribution in [3.63, 3.8) is 0 Å². The number of carbonyl (C=O) groups excluding carboxylic acids is 1. The number of thiophene rings is 1. The van der Waals surface area contributed by atoms with Crippen molar-refractivity contribution in [3.05, 3.63) is 21.4 Å². The molecule has 0 atom stereocenters. The number of fused-ring (bicyclic) bond motifs is 1. The van der Waals surface area contributed by atoms with Crippen LogP contribution in [-0.2, 0) is 12.8 Å². The molecule has 0 spiro atoms. The Morgan fingerprint density at radius 3 is 2.50 bits per heavy atom. The lowest BCUT2D eigenvalue weighted by Crippen LogP contribution is -2.34. The fourth-order valence-corrected chi connectivity index (χ4v) is 4.67. The third-order valence-electron chi connectivity index (χ3n) is 4.75. The fourth-order valence-electron chi connectivity index (χ4n) is 3.55. The second kappa shape index (κ2) is 6.75. The van der Waals surface area contributed by atoms with E-state index in [4.69, 9.17) is 0 Å². The number of nitrogens with one attached hydrogen (secondary N) is 1. The van der Waals surface area contributed by atoms with Gasteiger partial charge in [-0.15, -0.1) is 11.3 Å². The van der Waals surface area contributed by atoms with E-state index in [1.807, 2.05) is 0 Å². The number of carbonyl (C=O) groups is 1. The number of aryl methyl sites for hydroxylation is 1. The highest BCUT2D eigenvalue weighted by Crippen LogP contribution is 2.29. The van der Waals surface area contributed by atoms with Crippen LogP contribution in [0.4, 0.5) is 0 Å². The van der Waals surface area contributed by atoms with Crippen LogP contribution in [0.1, 0.15) is 78.6 Å². The van der Waals surface area contributed by atoms with Gasteiger partial charge in [0, 0.05) is 16.3 Å². The molecule has 1 amide bonds. The van der Waals surface area contributed by atoms with Gasteiger partial charge >= 0.3 is 0 Å². The van der Waals surface area contributed by atoms with Crippen LogP contribution in [-0.4, -0.2) is 11.9 Å². The third-order valence-corrected chi connectivity index (χ3v) is 5.83. The number of amides is 1. The smallest absolute Gasteiger partial charge is 0.252 e. The predicted octanol–water partition coefficient (Wildman–Crippen LogP) is 4.47. The number of rotatable bonds is 2. The topological polar surface area (TPSA) is 29.1 Å². The fraction of sp³-hybridized carbons (Fsp3) is 0.706. The zero-order chi connectivity index (χ0) is 13.8. The van der Waals surface area contributed by atoms with Crippen molar-refractivity contribution in [1.82, 2.24) is 5.32 Å². The van der Waals surface area contributed by atoms with Crippen molar-refractivity contribution in [2.75, 3.05) is 0 Å². The van der Waals surface area contributed by atoms with Gasteiger partial charge in [-0.2, -0.15) is 0 Å². The minimum absolute atomic E-state index is 0.191. The molecular formula is C17H25NOS. The second-order valence-corrected chi connectivity index (χ2v) is 7.24. The predicted molar refractivity (Wildman–Crippen MR) is 84.5 cm³/mol. The summed E-state index contributed by atoms with van der Waals surface area (Å²) in [6.07, 6.45) is 13.7. The Hall–Kier alpha value is -0.830. The van der Waals surface area contributed by atoms with Crippen LogP contribution < -0.4 is 5.32 Å². The summed E-state index contributed by atoms with van der Waals surface area (Å²) in [5.74, 6) is 0.191. The molecule has 0 radical (unpaired) electrons. The molecule has 1 fully saturated rings. The average Bonchev–Trinajstić information content (AvgIpc) is 2.64. The lowest BCUT2D eigenvalue weighted by atomic mass is 10.0. The van der Waals surface area contributed by atoms with Crippen molar-refractivity contribution in [3.8, 4) is 0 Å². The largest absolute Gasteiger partial charge is 0.349 e. The summed E-state index contributed by atoms with van der Waals surface area (Å²) in [5, 5.41) is 5.40. The highest BCUT2D eigenvalue weighted by atomic mass is 32.1. The van der Waals surface area contributed by atoms with Crippen LogP contribution in [0.15, 0.2) is 5.38 Å². The Morgan fingerprint density at radius 1 is 1.00 bits per heavy atom. The molecule has 3 heteroatoms. The molecule has 110 valence electrons. The maximum absolute atomic E-state index is 12.6. The van der Waals surface area contributed by atoms with E-state index in [9.17, 15) is 4.79 Å². The van der Waals surface area contributed by atoms with E-state index < -0.39 is 0 Å². The summed E-state index contributed by atoms with van der Waals surface area (Å²) in [5.41, 5.74) is 2.34. The first-order chi connectivity index (χ1) is 9.84. The molecule has 20 heavy (non-hydrogen) atoms. The quantitative estimate of drug-likeness (QED) is 0.632. The van der Waals surface area contributed by atoms with E-state index in [0.29, 0.717) is 6.04 Å². The van der Waals surface area contributed by atoms with Gasteiger partial charge < -0.3 is 5.32 Å². The molecule has 2 aliphatic rings. The molecule has 0 saturated heterocycles. The standard InChI is InChI=1S/C17H25NOS/c19-17(18-13-8-4-1-2-5-9-13)15-12-20-16-11-7-3-6-10-14(15)16/h12-13H,1-11H2,(H,18,19). The Morgan fingerprint density at radius 2 is 1.70 bits per heavy atom. The summed E-state index contributed by atoms with van der Waals surface area (Å²) in [7, 11) is 0. The third kappa shape index (κ3) is 3.25. The molecule has 0 aromatic carbocycles. The van der Waals surface area contributed by atoms with Gasteiger partial charge in [-0.25, -0.2) is 0 Å². The van der Waals surface area contributed by atoms with Crippen molar-refractivity contribution in [2.24, 2.45) is 0 Å². The van der Waals surface area contributed by atoms with Crippen molar-refractivity contribution in [1.29, 1.82) is 0 Å². The van der Waals surface area contributed by atoms with Crippen LogP contribution in [0.5, 0.6) is 0 Å². The van der Waals surface area contributed by atoms with E-state index in [0.717, 1.165) is 24.8 Å². The molecule has 2 nitrogen and oxygen atoms in total. The molecule has 3 rings (SSSR count). The molecule has 1 heterocycles. The molecule has 0 bridgehead atoms. The van der Waals surface area contributed by atoms with Gasteiger partial charge in [-0.3, -0.25) is 4.79 Å². The first-order valence-corrected chi connectivity index (χ1v) is 9.12. The van der Waals surface area contributed by atoms with Crippen LogP contribution in [0.2, 0.25) is 0 Å². The normalized spacial score (nSPS) is 20.8. The van der Waals surface area contributed by atoms with Crippen LogP contribution in [0, 0.1) is 0 Å². The highest BCUT2D eigenvalue weighted by molar-refractivity contribution is 7.10. The van der Waals surface area contributed by atoms with E-state index in [-0.39, 0.29) is 5.91 Å². The molecule has 0 unspecified atom stereocenters. The van der Waals surface area contributed by atoms with Crippen molar-refractivity contribution in [2.45, 2.75) is 76.7 Å². The van der Waals surface area contributed by atoms with E-state index in [1.165, 1.54) is 61.8 Å². The van der Waals surface area contributed by atoms with Crippen LogP contribution >= 0.6 is 11.3 Å². The van der Waals surface area contributed by atoms with Gasteiger partial charge in [-0.05, 0) is 44.1 Å². The van der Waals surface area contributed by atoms with Gasteiger partial charge in [0.25, 0.3) is 5.91 Å². The van der Waals surface area contributed by atoms with Gasteiger partial charge in [0.2, 0.25) is 0 Å². The summed E-state index contributed by atoms with van der Waals surface area (Å²) < 4.78 is 0. The van der Waals surface area contributed by atoms with Crippen molar-refractivity contribution >= 4 is 17.2 Å². The number of hydrogen-bond donors (Lipinski definition) is 1. The van der Waals surface area contributed by atoms with E-state index >= 15 is 0 Å². The minimum atomic E-state index is 0.191. The SMILES string of the molecule is O=C(NC1CCCCCC1)c1csc2c1CCCCC2. The van der Waals surface area contributed by atoms with Crippen LogP contribution in [0.25, 0.3) is 0 Å². The summed E-state index contributed by atoms with van der Waals surface area (Å²) >= 11 is 1.80. The number of hydrogen-bond acceptors (Lipinski definition) is 2. The van der Waals surface area contributed by atoms with E-state index in [2.05, 4.69) is 10.7 Å². The Kier molecular flexibility index (Phi) is 4.77. The minimum Gasteiger partial charge on any atom is -0.349 e. The first-order valence-electron chi connectivity index (χ1n) is 8.24. The molecule has 1 N–H and O–H groups in total. The van der Waals surface area contributed by atoms with Gasteiger partial charge in [-0.1, -0.05) is 32.1 Å². The second-order valence-electron chi connectivity index (χ2n) is 6.27. The molecule has 1 saturated carbocycles. The molecule has 1 aromatic heterocycles. The molecular weight excluding hydrogens is 266 g/mol. The summed E-state index contributed by atoms with van der Waals surface area (Å²) in [6.45, 7) is 0. The maximum atomic E-state index is 12.6. The van der Waals surface area contributed by atoms with Gasteiger partial charge in [0.15, 0.2) is 0 Å². The zero-order valence-electron chi connectivity index (χ0n) is 12.2. The summed E-state index contributed by atoms with van der Waals surface area (Å²) in [6, 6.07) is 0.409. The Bertz CT molecular complexity index is 458. The lowest BCUT2D eigenvalue weighted by molar-refractivity contribution is 0.0933. The van der Waals surface area contributed by atoms with Gasteiger partial charge in [0.05, 0.1) is 5.56 Å². The lowest BCUT2D eigenvalue weighted by Gasteiger charge is -2.16. The van der Waals surface area contributed by atoms with Crippen LogP contribution in [0.3, 0.4) is 0 Å². The zero-order valence-corrected chi connectivity index (χ0v) is 13.1. The highest BCUT2D eigenvalue weighted by Gasteiger charge is 2.21. The Balaban J connectivity index is 1.69. The van der Waals surface area contributed by atoms with Crippen molar-refractivity contribution < 1.29 is 4.79 Å². The molecule has 0 aliphatic heterocycles. The molecule has 1 aromatic rings. The average molecular weight is 291 g/mol. The Labute approximate surface area is 126 Å². The molecule has 2 aliphatic carbocycles. The first kappa shape index (κ1) is 14.1. The van der Waals surface area contributed by atoms with E-state index in [1.54, 1.807) is 11.3 Å². The summed E-state index contributed by atoms with van der Waals surface area (Å²) in [4.78, 5) is 14.0.